The van der Waals surface area contributed by atoms with E-state index in [1.807, 2.05) is 26.0 Å². The van der Waals surface area contributed by atoms with Crippen molar-refractivity contribution in [1.82, 2.24) is 0 Å². The molecule has 0 radical (unpaired) electrons. The molecule has 4 rings (SSSR count). The van der Waals surface area contributed by atoms with E-state index in [0.29, 0.717) is 28.5 Å². The molecule has 2 heterocycles. The van der Waals surface area contributed by atoms with Crippen LogP contribution >= 0.6 is 0 Å². The van der Waals surface area contributed by atoms with Crippen molar-refractivity contribution in [3.63, 3.8) is 0 Å². The number of hydrogen-bond acceptors (Lipinski definition) is 6. The Labute approximate surface area is 161 Å². The minimum atomic E-state index is -0.660. The van der Waals surface area contributed by atoms with Crippen LogP contribution in [0.15, 0.2) is 46.6 Å². The van der Waals surface area contributed by atoms with Crippen LogP contribution < -0.4 is 4.74 Å². The summed E-state index contributed by atoms with van der Waals surface area (Å²) >= 11 is 0. The van der Waals surface area contributed by atoms with Crippen LogP contribution in [0.1, 0.15) is 47.9 Å². The lowest BCUT2D eigenvalue weighted by Gasteiger charge is -2.28. The van der Waals surface area contributed by atoms with Crippen molar-refractivity contribution in [2.45, 2.75) is 32.8 Å². The maximum absolute atomic E-state index is 12.7. The summed E-state index contributed by atoms with van der Waals surface area (Å²) in [6.45, 7) is 3.93. The van der Waals surface area contributed by atoms with Crippen molar-refractivity contribution in [3.8, 4) is 23.0 Å². The van der Waals surface area contributed by atoms with E-state index in [2.05, 4.69) is 0 Å². The highest BCUT2D eigenvalue weighted by Gasteiger charge is 2.33. The van der Waals surface area contributed by atoms with E-state index in [1.165, 1.54) is 12.3 Å². The number of phenols is 3. The van der Waals surface area contributed by atoms with E-state index < -0.39 is 6.10 Å². The monoisotopic (exact) mass is 380 g/mol. The van der Waals surface area contributed by atoms with Gasteiger partial charge in [-0.15, -0.1) is 0 Å². The SMILES string of the molecule is CC(C)=CCc1c(C2CC(=O)c3c(O)cc(O)cc3O2)cc2ccoc2c1O. The van der Waals surface area contributed by atoms with Crippen LogP contribution in [0.25, 0.3) is 11.0 Å². The minimum absolute atomic E-state index is 0.00988. The van der Waals surface area contributed by atoms with E-state index in [4.69, 9.17) is 9.15 Å². The van der Waals surface area contributed by atoms with Crippen LogP contribution in [0.5, 0.6) is 23.0 Å². The number of rotatable bonds is 3. The summed E-state index contributed by atoms with van der Waals surface area (Å²) in [5.74, 6) is -0.642. The number of carbonyl (C=O) groups excluding carboxylic acids is 1. The van der Waals surface area contributed by atoms with E-state index in [1.54, 1.807) is 6.07 Å². The Balaban J connectivity index is 1.85. The average Bonchev–Trinajstić information content (AvgIpc) is 3.08. The minimum Gasteiger partial charge on any atom is -0.508 e. The molecule has 28 heavy (non-hydrogen) atoms. The third-order valence-corrected chi connectivity index (χ3v) is 4.90. The van der Waals surface area contributed by atoms with Gasteiger partial charge in [-0.05, 0) is 32.4 Å². The molecule has 3 N–H and O–H groups in total. The van der Waals surface area contributed by atoms with Crippen LogP contribution in [0.2, 0.25) is 0 Å². The topological polar surface area (TPSA) is 100 Å². The van der Waals surface area contributed by atoms with Gasteiger partial charge in [-0.2, -0.15) is 0 Å². The standard InChI is InChI=1S/C22H20O6/c1-11(2)3-4-14-15(7-12-5-6-27-22(12)21(14)26)18-10-17(25)20-16(24)8-13(23)9-19(20)28-18/h3,5-9,18,23-24,26H,4,10H2,1-2H3. The van der Waals surface area contributed by atoms with Gasteiger partial charge in [0.1, 0.15) is 28.9 Å². The number of Topliss-reactive ketones (excluding diaryl/α,β-unsaturated/α-hetero) is 1. The smallest absolute Gasteiger partial charge is 0.175 e. The summed E-state index contributed by atoms with van der Waals surface area (Å²) in [7, 11) is 0. The second-order valence-corrected chi connectivity index (χ2v) is 7.19. The Morgan fingerprint density at radius 1 is 1.21 bits per heavy atom. The first-order chi connectivity index (χ1) is 13.3. The van der Waals surface area contributed by atoms with Crippen molar-refractivity contribution < 1.29 is 29.3 Å². The second kappa shape index (κ2) is 6.64. The zero-order chi connectivity index (χ0) is 20.0. The first-order valence-electron chi connectivity index (χ1n) is 8.96. The normalized spacial score (nSPS) is 15.9. The summed E-state index contributed by atoms with van der Waals surface area (Å²) in [6, 6.07) is 6.01. The zero-order valence-electron chi connectivity index (χ0n) is 15.5. The predicted octanol–water partition coefficient (Wildman–Crippen LogP) is 4.76. The van der Waals surface area contributed by atoms with Gasteiger partial charge in [-0.1, -0.05) is 11.6 Å². The van der Waals surface area contributed by atoms with Crippen molar-refractivity contribution in [1.29, 1.82) is 0 Å². The molecule has 1 unspecified atom stereocenters. The van der Waals surface area contributed by atoms with Crippen molar-refractivity contribution in [3.05, 3.63) is 58.9 Å². The molecule has 0 bridgehead atoms. The second-order valence-electron chi connectivity index (χ2n) is 7.19. The molecule has 0 saturated carbocycles. The number of carbonyl (C=O) groups is 1. The number of hydrogen-bond donors (Lipinski definition) is 3. The molecule has 0 aliphatic carbocycles. The lowest BCUT2D eigenvalue weighted by molar-refractivity contribution is 0.0843. The molecule has 0 spiro atoms. The van der Waals surface area contributed by atoms with Gasteiger partial charge in [0, 0.05) is 28.6 Å². The Kier molecular flexibility index (Phi) is 4.26. The molecule has 6 heteroatoms. The largest absolute Gasteiger partial charge is 0.508 e. The Hall–Kier alpha value is -3.41. The highest BCUT2D eigenvalue weighted by atomic mass is 16.5. The number of fused-ring (bicyclic) bond motifs is 2. The maximum Gasteiger partial charge on any atom is 0.175 e. The van der Waals surface area contributed by atoms with Crippen LogP contribution in [0.4, 0.5) is 0 Å². The van der Waals surface area contributed by atoms with Crippen LogP contribution in [-0.2, 0) is 6.42 Å². The van der Waals surface area contributed by atoms with Crippen molar-refractivity contribution in [2.75, 3.05) is 0 Å². The summed E-state index contributed by atoms with van der Waals surface area (Å²) in [4.78, 5) is 12.7. The molecule has 0 fully saturated rings. The third-order valence-electron chi connectivity index (χ3n) is 4.90. The average molecular weight is 380 g/mol. The fraction of sp³-hybridized carbons (Fsp3) is 0.227. The fourth-order valence-electron chi connectivity index (χ4n) is 3.56. The van der Waals surface area contributed by atoms with Crippen LogP contribution in [0, 0.1) is 0 Å². The predicted molar refractivity (Wildman–Crippen MR) is 103 cm³/mol. The first kappa shape index (κ1) is 18.0. The molecule has 1 aliphatic heterocycles. The lowest BCUT2D eigenvalue weighted by atomic mass is 9.90. The number of ether oxygens (including phenoxy) is 1. The molecule has 6 nitrogen and oxygen atoms in total. The van der Waals surface area contributed by atoms with E-state index >= 15 is 0 Å². The van der Waals surface area contributed by atoms with E-state index in [0.717, 1.165) is 11.6 Å². The highest BCUT2D eigenvalue weighted by Crippen LogP contribution is 2.44. The van der Waals surface area contributed by atoms with E-state index in [9.17, 15) is 20.1 Å². The first-order valence-corrected chi connectivity index (χ1v) is 8.96. The third kappa shape index (κ3) is 2.97. The van der Waals surface area contributed by atoms with Crippen LogP contribution in [0.3, 0.4) is 0 Å². The molecule has 0 amide bonds. The maximum atomic E-state index is 12.7. The molecular formula is C22H20O6. The number of furan rings is 1. The van der Waals surface area contributed by atoms with Crippen molar-refractivity contribution in [2.24, 2.45) is 0 Å². The number of allylic oxidation sites excluding steroid dienone is 2. The summed E-state index contributed by atoms with van der Waals surface area (Å²) in [5.41, 5.74) is 2.83. The zero-order valence-corrected chi connectivity index (χ0v) is 15.5. The Morgan fingerprint density at radius 2 is 2.00 bits per heavy atom. The van der Waals surface area contributed by atoms with Gasteiger partial charge < -0.3 is 24.5 Å². The molecule has 1 atom stereocenters. The van der Waals surface area contributed by atoms with Gasteiger partial charge >= 0.3 is 0 Å². The summed E-state index contributed by atoms with van der Waals surface area (Å²) in [5, 5.41) is 31.2. The Bertz CT molecular complexity index is 1120. The van der Waals surface area contributed by atoms with Gasteiger partial charge in [0.05, 0.1) is 12.7 Å². The van der Waals surface area contributed by atoms with Crippen molar-refractivity contribution >= 4 is 16.8 Å². The van der Waals surface area contributed by atoms with Gasteiger partial charge in [0.2, 0.25) is 0 Å². The number of ketones is 1. The summed E-state index contributed by atoms with van der Waals surface area (Å²) < 4.78 is 11.4. The fourth-order valence-corrected chi connectivity index (χ4v) is 3.56. The molecular weight excluding hydrogens is 360 g/mol. The molecule has 3 aromatic rings. The van der Waals surface area contributed by atoms with Crippen LogP contribution in [-0.4, -0.2) is 21.1 Å². The molecule has 0 saturated heterocycles. The number of phenolic OH excluding ortho intramolecular Hbond substituents is 3. The van der Waals surface area contributed by atoms with Gasteiger partial charge in [0.15, 0.2) is 17.1 Å². The molecule has 1 aromatic heterocycles. The number of benzene rings is 2. The van der Waals surface area contributed by atoms with Gasteiger partial charge in [-0.25, -0.2) is 0 Å². The molecule has 2 aromatic carbocycles. The molecule has 1 aliphatic rings. The summed E-state index contributed by atoms with van der Waals surface area (Å²) in [6.07, 6.45) is 3.27. The van der Waals surface area contributed by atoms with Gasteiger partial charge in [-0.3, -0.25) is 4.79 Å². The quantitative estimate of drug-likeness (QED) is 0.566. The molecule has 144 valence electrons. The Morgan fingerprint density at radius 3 is 2.75 bits per heavy atom. The van der Waals surface area contributed by atoms with E-state index in [-0.39, 0.29) is 40.8 Å². The number of aromatic hydroxyl groups is 3. The highest BCUT2D eigenvalue weighted by molar-refractivity contribution is 6.03. The van der Waals surface area contributed by atoms with Gasteiger partial charge in [0.25, 0.3) is 0 Å². The lowest BCUT2D eigenvalue weighted by Crippen LogP contribution is -2.21.